The molecule has 5 N–H and O–H groups in total. The molecule has 12 aromatic rings. The van der Waals surface area contributed by atoms with Crippen LogP contribution in [-0.4, -0.2) is 138 Å². The zero-order chi connectivity index (χ0) is 92.9. The molecule has 4 aromatic heterocycles. The average Bonchev–Trinajstić information content (AvgIpc) is 1.60. The predicted octanol–water partition coefficient (Wildman–Crippen LogP) is 20.8. The number of aromatic nitrogens is 4. The van der Waals surface area contributed by atoms with Gasteiger partial charge in [-0.05, 0) is 239 Å². The van der Waals surface area contributed by atoms with Crippen LogP contribution in [0.2, 0.25) is 0 Å². The Kier molecular flexibility index (Phi) is 26.8. The van der Waals surface area contributed by atoms with Gasteiger partial charge in [-0.2, -0.15) is 23.1 Å². The summed E-state index contributed by atoms with van der Waals surface area (Å²) in [6.45, 7) is 23.0. The second kappa shape index (κ2) is 39.9. The number of carbonyl (C=O) groups excluding carboxylic acids is 2. The first-order valence-electron chi connectivity index (χ1n) is 50.7. The van der Waals surface area contributed by atoms with Crippen molar-refractivity contribution in [2.75, 3.05) is 53.6 Å². The third-order valence-electron chi connectivity index (χ3n) is 34.2. The number of aliphatic hydroxyl groups is 5. The van der Waals surface area contributed by atoms with Crippen molar-refractivity contribution in [1.82, 2.24) is 28.3 Å². The molecule has 12 aliphatic rings. The van der Waals surface area contributed by atoms with Crippen LogP contribution in [0.3, 0.4) is 0 Å². The molecule has 0 saturated heterocycles. The highest BCUT2D eigenvalue weighted by Crippen LogP contribution is 2.55. The van der Waals surface area contributed by atoms with Gasteiger partial charge in [0.1, 0.15) is 0 Å². The van der Waals surface area contributed by atoms with Gasteiger partial charge in [-0.15, -0.1) is 10.0 Å². The predicted molar refractivity (Wildman–Crippen MR) is 525 cm³/mol. The van der Waals surface area contributed by atoms with Gasteiger partial charge in [0.15, 0.2) is 0 Å². The first-order valence-corrected chi connectivity index (χ1v) is 50.7. The van der Waals surface area contributed by atoms with Crippen molar-refractivity contribution >= 4 is 55.6 Å². The van der Waals surface area contributed by atoms with Gasteiger partial charge in [0.2, 0.25) is 0 Å². The fourth-order valence-electron chi connectivity index (χ4n) is 27.7. The number of aliphatic hydroxyl groups excluding tert-OH is 5. The Hall–Kier alpha value is -10.9. The Balaban J connectivity index is 0.000000109. The van der Waals surface area contributed by atoms with E-state index in [0.29, 0.717) is 109 Å². The molecular formula is C115H130N8O13. The number of benzene rings is 8. The molecule has 6 aliphatic carbocycles. The summed E-state index contributed by atoms with van der Waals surface area (Å²) >= 11 is 0. The molecular weight excluding hydrogens is 1700 g/mol. The van der Waals surface area contributed by atoms with Crippen LogP contribution < -0.4 is 0 Å². The lowest BCUT2D eigenvalue weighted by Gasteiger charge is -2.43. The van der Waals surface area contributed by atoms with E-state index in [1.807, 2.05) is 22.2 Å². The van der Waals surface area contributed by atoms with Gasteiger partial charge in [0, 0.05) is 62.9 Å². The van der Waals surface area contributed by atoms with Crippen molar-refractivity contribution in [2.24, 2.45) is 76.9 Å². The quantitative estimate of drug-likeness (QED) is 0.0816. The summed E-state index contributed by atoms with van der Waals surface area (Å²) in [5, 5.41) is 61.9. The highest BCUT2D eigenvalue weighted by atomic mass is 16.5. The fraction of sp³-hybridized carbons (Fsp3) is 0.478. The summed E-state index contributed by atoms with van der Waals surface area (Å²) in [6.07, 6.45) is 18.8. The van der Waals surface area contributed by atoms with E-state index in [-0.39, 0.29) is 78.5 Å². The van der Waals surface area contributed by atoms with Crippen LogP contribution >= 0.6 is 0 Å². The molecule has 0 unspecified atom stereocenters. The Morgan fingerprint density at radius 3 is 1.01 bits per heavy atom. The van der Waals surface area contributed by atoms with Crippen LogP contribution in [0.4, 0.5) is 0 Å². The van der Waals surface area contributed by atoms with Crippen LogP contribution in [0.15, 0.2) is 194 Å². The lowest BCUT2D eigenvalue weighted by molar-refractivity contribution is -0.159. The average molecular weight is 1830 g/mol. The van der Waals surface area contributed by atoms with Gasteiger partial charge in [0.25, 0.3) is 0 Å². The summed E-state index contributed by atoms with van der Waals surface area (Å²) in [4.78, 5) is 33.6. The highest BCUT2D eigenvalue weighted by molar-refractivity contribution is 5.92. The number of methoxy groups -OCH3 is 2. The van der Waals surface area contributed by atoms with E-state index in [4.69, 9.17) is 41.6 Å². The van der Waals surface area contributed by atoms with Crippen LogP contribution in [0.1, 0.15) is 214 Å². The summed E-state index contributed by atoms with van der Waals surface area (Å²) in [7, 11) is 2.78. The Morgan fingerprint density at radius 2 is 0.662 bits per heavy atom. The number of nitrogens with zero attached hydrogens (tertiary/aromatic N) is 8. The van der Waals surface area contributed by atoms with Crippen molar-refractivity contribution in [3.63, 3.8) is 0 Å². The van der Waals surface area contributed by atoms with E-state index in [1.165, 1.54) is 154 Å². The molecule has 6 aliphatic heterocycles. The molecule has 21 heteroatoms. The zero-order valence-corrected chi connectivity index (χ0v) is 78.7. The molecule has 4 fully saturated rings. The van der Waals surface area contributed by atoms with Crippen molar-refractivity contribution in [3.8, 4) is 22.7 Å². The number of aryl methyl sites for hydroxylation is 2. The van der Waals surface area contributed by atoms with E-state index < -0.39 is 30.1 Å². The second-order valence-corrected chi connectivity index (χ2v) is 41.0. The number of hydrogen-bond acceptors (Lipinski definition) is 15. The molecule has 21 nitrogen and oxygen atoms in total. The van der Waals surface area contributed by atoms with E-state index >= 15 is 0 Å². The Morgan fingerprint density at radius 1 is 0.360 bits per heavy atom. The van der Waals surface area contributed by atoms with Gasteiger partial charge in [0.05, 0.1) is 189 Å². The number of hydrogen-bond donors (Lipinski definition) is 5. The third-order valence-corrected chi connectivity index (χ3v) is 34.2. The van der Waals surface area contributed by atoms with E-state index in [1.54, 1.807) is 0 Å². The lowest BCUT2D eigenvalue weighted by atomic mass is 9.64. The molecule has 0 amide bonds. The van der Waals surface area contributed by atoms with Crippen molar-refractivity contribution in [3.05, 3.63) is 284 Å². The van der Waals surface area contributed by atoms with E-state index in [2.05, 4.69) is 217 Å². The summed E-state index contributed by atoms with van der Waals surface area (Å²) in [5.74, 6) is 0.907. The first kappa shape index (κ1) is 91.5. The molecule has 0 bridgehead atoms. The molecule has 708 valence electrons. The highest BCUT2D eigenvalue weighted by Gasteiger charge is 2.51. The zero-order valence-electron chi connectivity index (χ0n) is 78.7. The van der Waals surface area contributed by atoms with Gasteiger partial charge in [-0.1, -0.05) is 185 Å². The number of carbonyl (C=O) groups is 2. The third kappa shape index (κ3) is 16.9. The number of ether oxygens (including phenoxy) is 6. The van der Waals surface area contributed by atoms with Crippen molar-refractivity contribution in [1.29, 1.82) is 0 Å². The van der Waals surface area contributed by atoms with E-state index in [0.717, 1.165) is 115 Å². The standard InChI is InChI=1S/2C29H31N3O4.C29H35NO2.C28H33NO3/c2*1-30-31-14-13-21-20-8-4-6-10-24(20)32-23-9-5-3-7-19(23)17-36-26(28(21)32)15-22-18(16-31)11-12-25(33)27(22)29(34)35-2;1-19-14-15-20-8-2-4-11-23-22-10-5-7-13-27(22)30-26-12-6-3-9-21(26)18-32-28(29(23)30)16-24(20)25(19)17-31;30-16-23-22-15-27-28-21(10-3-1-7-18(22)13-14-26(23)31)20-9-4-6-12-25(20)29(28)24-11-5-2-8-19(24)17-32-27/h2*3-10,18,22,25-27,33H,11-17H2,2H3;3,5-7,9-10,12-13,19-20,24-25,28,31H,2,4,8,11,14-18H2,1H3;2,4-6,8-9,11-12,18,22-23,26-27,30-31H,1,3,7,10,13-17H2/t18-,22+,25-,26-,27+;18-,22-,25-,26+,27+;19-,20+,24+,25-,28-;18-,22+,23-,26+,27-/m0001/s1. The van der Waals surface area contributed by atoms with Crippen LogP contribution in [-0.2, 0) is 90.1 Å². The van der Waals surface area contributed by atoms with Gasteiger partial charge in [-0.3, -0.25) is 9.59 Å². The monoisotopic (exact) mass is 1830 g/mol. The molecule has 0 spiro atoms. The minimum atomic E-state index is -0.753. The maximum atomic E-state index is 12.9. The number of esters is 2. The molecule has 10 heterocycles. The van der Waals surface area contributed by atoms with Crippen molar-refractivity contribution in [2.45, 2.75) is 217 Å². The molecule has 20 atom stereocenters. The molecule has 4 saturated carbocycles. The van der Waals surface area contributed by atoms with Gasteiger partial charge < -0.3 is 72.2 Å². The van der Waals surface area contributed by atoms with Crippen LogP contribution in [0.25, 0.3) is 76.3 Å². The minimum Gasteiger partial charge on any atom is -0.469 e. The molecule has 136 heavy (non-hydrogen) atoms. The van der Waals surface area contributed by atoms with Crippen LogP contribution in [0.5, 0.6) is 0 Å². The maximum absolute atomic E-state index is 12.9. The van der Waals surface area contributed by atoms with Crippen LogP contribution in [0, 0.1) is 90.1 Å². The van der Waals surface area contributed by atoms with Gasteiger partial charge in [-0.25, -0.2) is 0 Å². The number of rotatable bonds is 4. The summed E-state index contributed by atoms with van der Waals surface area (Å²) in [6, 6.07) is 68.7. The molecule has 0 radical (unpaired) electrons. The largest absolute Gasteiger partial charge is 0.469 e. The maximum Gasteiger partial charge on any atom is 0.311 e. The second-order valence-electron chi connectivity index (χ2n) is 41.0. The Bertz CT molecular complexity index is 6070. The summed E-state index contributed by atoms with van der Waals surface area (Å²) in [5.41, 5.74) is 24.5. The first-order chi connectivity index (χ1) is 66.7. The van der Waals surface area contributed by atoms with E-state index in [9.17, 15) is 35.1 Å². The molecule has 24 rings (SSSR count). The van der Waals surface area contributed by atoms with Gasteiger partial charge >= 0.3 is 11.9 Å². The van der Waals surface area contributed by atoms with Crippen molar-refractivity contribution < 1.29 is 63.5 Å². The SMILES string of the molecule is C[C@H]1CC[C@H]2CCCCc3c4n(c5ccccc35)-c3ccccc3CO[C@H]4C[C@H]2[C@H]1CO.OC[C@@H]1[C@H]2C[C@H]3OCc4ccccc4-n4c3c(c3ccccc34)CCCC[C@@H]2CC[C@@H]1O.[C-]#[N+]N1CCc2c3n(c4ccccc24)-c2ccccc2CO[C@@H]3C[C@H]2[C@@H](CC[C@H](O)[C@@H]2C(=O)OC)C1.[C-]#[N+]N1CCc2c3n(c4ccccc24)-c2ccccc2CO[C@H]3C[C@@H]2[C@@H](CC[C@H](O)[C@@H]2C(=O)OC)C1. The number of fused-ring (bicyclic) bond motifs is 24. The number of para-hydroxylation sites is 8. The normalized spacial score (nSPS) is 28.8. The lowest BCUT2D eigenvalue weighted by Crippen LogP contribution is -2.47. The minimum absolute atomic E-state index is 0.0326. The Labute approximate surface area is 797 Å². The molecule has 8 aromatic carbocycles. The topological polar surface area (TPSA) is 226 Å². The smallest absolute Gasteiger partial charge is 0.311 e. The summed E-state index contributed by atoms with van der Waals surface area (Å²) < 4.78 is 46.8. The fourth-order valence-corrected chi connectivity index (χ4v) is 27.7.